The Morgan fingerprint density at radius 2 is 1.74 bits per heavy atom. The van der Waals surface area contributed by atoms with E-state index in [0.29, 0.717) is 11.4 Å². The molecule has 0 radical (unpaired) electrons. The Balaban J connectivity index is 2.15. The molecule has 2 aliphatic rings. The summed E-state index contributed by atoms with van der Waals surface area (Å²) in [4.78, 5) is 26.3. The van der Waals surface area contributed by atoms with Crippen LogP contribution in [0.1, 0.15) is 34.1 Å². The minimum absolute atomic E-state index is 0.00148. The molecule has 1 aliphatic heterocycles. The summed E-state index contributed by atoms with van der Waals surface area (Å²) >= 11 is 0. The van der Waals surface area contributed by atoms with Gasteiger partial charge in [0, 0.05) is 25.3 Å². The molecule has 1 aliphatic carbocycles. The summed E-state index contributed by atoms with van der Waals surface area (Å²) in [7, 11) is 0. The Bertz CT molecular complexity index is 884. The van der Waals surface area contributed by atoms with E-state index < -0.39 is 29.7 Å². The first kappa shape index (κ1) is 22.8. The fourth-order valence-electron chi connectivity index (χ4n) is 4.23. The van der Waals surface area contributed by atoms with E-state index in [2.05, 4.69) is 5.32 Å². The molecule has 1 aromatic carbocycles. The van der Waals surface area contributed by atoms with Crippen molar-refractivity contribution in [2.45, 2.75) is 46.0 Å². The van der Waals surface area contributed by atoms with Crippen molar-refractivity contribution < 1.29 is 33.6 Å². The first-order valence-electron chi connectivity index (χ1n) is 10.5. The number of carbonyl (C=O) groups excluding carboxylic acids is 2. The molecule has 0 fully saturated rings. The van der Waals surface area contributed by atoms with E-state index in [0.717, 1.165) is 0 Å². The smallest absolute Gasteiger partial charge is 0.338 e. The third-order valence-corrected chi connectivity index (χ3v) is 5.33. The lowest BCUT2D eigenvalue weighted by molar-refractivity contribution is -0.310. The Labute approximate surface area is 181 Å². The average Bonchev–Trinajstić information content (AvgIpc) is 2.71. The first-order valence-corrected chi connectivity index (χ1v) is 10.5. The van der Waals surface area contributed by atoms with E-state index in [9.17, 15) is 14.7 Å². The lowest BCUT2D eigenvalue weighted by Crippen LogP contribution is -2.62. The highest BCUT2D eigenvalue weighted by molar-refractivity contribution is 6.07. The molecular formula is C23H29NO7. The number of rotatable bonds is 8. The minimum Gasteiger partial charge on any atom is -0.512 e. The summed E-state index contributed by atoms with van der Waals surface area (Å²) in [6.07, 6.45) is -0.731. The summed E-state index contributed by atoms with van der Waals surface area (Å²) in [5.74, 6) is -3.53. The van der Waals surface area contributed by atoms with Crippen LogP contribution < -0.4 is 5.32 Å². The molecule has 168 valence electrons. The molecule has 0 saturated carbocycles. The summed E-state index contributed by atoms with van der Waals surface area (Å²) in [6, 6.07) is 8.87. The van der Waals surface area contributed by atoms with Gasteiger partial charge >= 0.3 is 5.97 Å². The maximum Gasteiger partial charge on any atom is 0.338 e. The van der Waals surface area contributed by atoms with Crippen molar-refractivity contribution in [3.8, 4) is 0 Å². The van der Waals surface area contributed by atoms with Gasteiger partial charge in [0.05, 0.1) is 23.7 Å². The van der Waals surface area contributed by atoms with Crippen LogP contribution in [-0.2, 0) is 28.5 Å². The zero-order valence-electron chi connectivity index (χ0n) is 18.3. The van der Waals surface area contributed by atoms with Crippen molar-refractivity contribution in [1.29, 1.82) is 0 Å². The number of aliphatic hydroxyl groups excluding tert-OH is 1. The van der Waals surface area contributed by atoms with Crippen LogP contribution >= 0.6 is 0 Å². The third kappa shape index (κ3) is 4.18. The maximum absolute atomic E-state index is 13.4. The number of benzene rings is 1. The van der Waals surface area contributed by atoms with Gasteiger partial charge in [-0.1, -0.05) is 18.2 Å². The molecule has 3 rings (SSSR count). The Morgan fingerprint density at radius 3 is 2.32 bits per heavy atom. The van der Waals surface area contributed by atoms with Crippen LogP contribution in [0.25, 0.3) is 0 Å². The second-order valence-electron chi connectivity index (χ2n) is 7.20. The van der Waals surface area contributed by atoms with Gasteiger partial charge in [-0.2, -0.15) is 0 Å². The third-order valence-electron chi connectivity index (χ3n) is 5.33. The largest absolute Gasteiger partial charge is 0.512 e. The van der Waals surface area contributed by atoms with E-state index in [1.807, 2.05) is 6.07 Å². The molecule has 2 bridgehead atoms. The van der Waals surface area contributed by atoms with E-state index in [1.54, 1.807) is 52.0 Å². The molecule has 31 heavy (non-hydrogen) atoms. The molecule has 1 heterocycles. The van der Waals surface area contributed by atoms with Gasteiger partial charge in [0.1, 0.15) is 11.5 Å². The van der Waals surface area contributed by atoms with Gasteiger partial charge in [-0.25, -0.2) is 4.79 Å². The number of hydrogen-bond donors (Lipinski definition) is 2. The Hall–Kier alpha value is -2.84. The van der Waals surface area contributed by atoms with Gasteiger partial charge in [-0.3, -0.25) is 4.79 Å². The van der Waals surface area contributed by atoms with Gasteiger partial charge in [0.2, 0.25) is 5.79 Å². The molecule has 2 atom stereocenters. The van der Waals surface area contributed by atoms with Crippen LogP contribution in [0.5, 0.6) is 0 Å². The van der Waals surface area contributed by atoms with Crippen molar-refractivity contribution in [2.24, 2.45) is 5.92 Å². The number of para-hydroxylation sites is 1. The van der Waals surface area contributed by atoms with Crippen LogP contribution in [0.2, 0.25) is 0 Å². The molecule has 2 N–H and O–H groups in total. The molecule has 1 aromatic rings. The van der Waals surface area contributed by atoms with Crippen LogP contribution in [0.15, 0.2) is 53.0 Å². The average molecular weight is 431 g/mol. The van der Waals surface area contributed by atoms with Crippen LogP contribution in [0, 0.1) is 5.92 Å². The first-order chi connectivity index (χ1) is 14.9. The van der Waals surface area contributed by atoms with E-state index >= 15 is 0 Å². The van der Waals surface area contributed by atoms with Gasteiger partial charge in [-0.05, 0) is 39.8 Å². The lowest BCUT2D eigenvalue weighted by atomic mass is 9.72. The van der Waals surface area contributed by atoms with Gasteiger partial charge in [0.25, 0.3) is 5.91 Å². The summed E-state index contributed by atoms with van der Waals surface area (Å²) in [5, 5.41) is 13.7. The van der Waals surface area contributed by atoms with Crippen molar-refractivity contribution in [3.63, 3.8) is 0 Å². The number of amides is 1. The molecule has 2 unspecified atom stereocenters. The van der Waals surface area contributed by atoms with E-state index in [-0.39, 0.29) is 43.1 Å². The van der Waals surface area contributed by atoms with E-state index in [4.69, 9.17) is 18.9 Å². The molecule has 0 saturated heterocycles. The summed E-state index contributed by atoms with van der Waals surface area (Å²) in [6.45, 7) is 7.56. The maximum atomic E-state index is 13.4. The highest BCUT2D eigenvalue weighted by atomic mass is 16.7. The lowest BCUT2D eigenvalue weighted by Gasteiger charge is -2.51. The molecule has 1 amide bonds. The fraction of sp³-hybridized carbons (Fsp3) is 0.478. The number of aliphatic hydroxyl groups is 1. The van der Waals surface area contributed by atoms with Crippen LogP contribution in [-0.4, -0.2) is 48.7 Å². The summed E-state index contributed by atoms with van der Waals surface area (Å²) in [5.41, 5.74) is 0.663. The number of nitrogens with one attached hydrogen (secondary N) is 1. The molecular weight excluding hydrogens is 402 g/mol. The molecule has 0 aromatic heterocycles. The van der Waals surface area contributed by atoms with Crippen molar-refractivity contribution in [2.75, 3.05) is 25.1 Å². The Kier molecular flexibility index (Phi) is 7.02. The predicted octanol–water partition coefficient (Wildman–Crippen LogP) is 3.46. The highest BCUT2D eigenvalue weighted by Crippen LogP contribution is 2.51. The Morgan fingerprint density at radius 1 is 1.10 bits per heavy atom. The van der Waals surface area contributed by atoms with Crippen molar-refractivity contribution >= 4 is 17.6 Å². The highest BCUT2D eigenvalue weighted by Gasteiger charge is 2.62. The van der Waals surface area contributed by atoms with Crippen LogP contribution in [0.3, 0.4) is 0 Å². The van der Waals surface area contributed by atoms with Gasteiger partial charge in [-0.15, -0.1) is 0 Å². The van der Waals surface area contributed by atoms with Crippen molar-refractivity contribution in [3.05, 3.63) is 53.0 Å². The number of esters is 1. The summed E-state index contributed by atoms with van der Waals surface area (Å²) < 4.78 is 23.3. The topological polar surface area (TPSA) is 103 Å². The number of anilines is 1. The molecule has 0 spiro atoms. The minimum atomic E-state index is -1.46. The monoisotopic (exact) mass is 431 g/mol. The number of allylic oxidation sites excluding steroid dienone is 1. The van der Waals surface area contributed by atoms with Crippen LogP contribution in [0.4, 0.5) is 5.69 Å². The standard InChI is InChI=1S/C23H29NO7/c1-5-28-22(27)18-14(4)31-17-13-16(25)19(20(18)23(17,29-6-2)30-7-3)21(26)24-15-11-9-8-10-12-15/h8-12,17,20,25H,5-7,13H2,1-4H3,(H,24,26). The second kappa shape index (κ2) is 9.53. The number of ether oxygens (including phenoxy) is 4. The zero-order chi connectivity index (χ0) is 22.6. The van der Waals surface area contributed by atoms with Gasteiger partial charge < -0.3 is 29.4 Å². The zero-order valence-corrected chi connectivity index (χ0v) is 18.3. The van der Waals surface area contributed by atoms with Crippen molar-refractivity contribution in [1.82, 2.24) is 0 Å². The van der Waals surface area contributed by atoms with Gasteiger partial charge in [0.15, 0.2) is 6.10 Å². The predicted molar refractivity (Wildman–Crippen MR) is 113 cm³/mol. The number of hydrogen-bond acceptors (Lipinski definition) is 7. The van der Waals surface area contributed by atoms with E-state index in [1.165, 1.54) is 0 Å². The molecule has 8 heteroatoms. The number of carbonyl (C=O) groups is 2. The second-order valence-corrected chi connectivity index (χ2v) is 7.20. The SMILES string of the molecule is CCOC(=O)C1=C(C)OC2CC(O)=C(C(=O)Nc3ccccc3)C1C2(OCC)OCC. The fourth-order valence-corrected chi connectivity index (χ4v) is 4.23. The normalized spacial score (nSPS) is 22.1. The quantitative estimate of drug-likeness (QED) is 0.480. The molecule has 8 nitrogen and oxygen atoms in total. The number of fused-ring (bicyclic) bond motifs is 2.